The summed E-state index contributed by atoms with van der Waals surface area (Å²) in [6, 6.07) is -0.764. The molecule has 2 aliphatic heterocycles. The summed E-state index contributed by atoms with van der Waals surface area (Å²) in [6.45, 7) is 4.06. The van der Waals surface area contributed by atoms with Crippen molar-refractivity contribution in [1.29, 1.82) is 0 Å². The van der Waals surface area contributed by atoms with Crippen LogP contribution in [0.15, 0.2) is 12.7 Å². The summed E-state index contributed by atoms with van der Waals surface area (Å²) >= 11 is 4.01. The van der Waals surface area contributed by atoms with Gasteiger partial charge in [0.25, 0.3) is 0 Å². The molecule has 0 aromatic rings. The minimum absolute atomic E-state index is 0.112. The van der Waals surface area contributed by atoms with Crippen LogP contribution in [0.1, 0.15) is 25.7 Å². The summed E-state index contributed by atoms with van der Waals surface area (Å²) in [7, 11) is 0. The van der Waals surface area contributed by atoms with E-state index in [0.717, 1.165) is 19.3 Å². The lowest BCUT2D eigenvalue weighted by Gasteiger charge is -2.36. The summed E-state index contributed by atoms with van der Waals surface area (Å²) in [5.74, 6) is 1.89. The first kappa shape index (κ1) is 17.5. The van der Waals surface area contributed by atoms with Gasteiger partial charge in [-0.05, 0) is 31.6 Å². The average Bonchev–Trinajstić information content (AvgIpc) is 3.03. The largest absolute Gasteiger partial charge is 0.480 e. The van der Waals surface area contributed by atoms with Crippen molar-refractivity contribution in [2.45, 2.75) is 36.3 Å². The second-order valence-electron chi connectivity index (χ2n) is 5.55. The number of rotatable bonds is 6. The maximum Gasteiger partial charge on any atom is 0.410 e. The molecule has 0 saturated carbocycles. The van der Waals surface area contributed by atoms with E-state index in [-0.39, 0.29) is 6.61 Å². The summed E-state index contributed by atoms with van der Waals surface area (Å²) in [5.41, 5.74) is 0. The zero-order chi connectivity index (χ0) is 15.9. The van der Waals surface area contributed by atoms with Gasteiger partial charge in [0, 0.05) is 18.1 Å². The lowest BCUT2D eigenvalue weighted by molar-refractivity contribution is -0.144. The Morgan fingerprint density at radius 1 is 1.32 bits per heavy atom. The van der Waals surface area contributed by atoms with E-state index >= 15 is 0 Å². The van der Waals surface area contributed by atoms with E-state index in [1.807, 2.05) is 23.5 Å². The molecule has 5 nitrogen and oxygen atoms in total. The third kappa shape index (κ3) is 4.84. The fourth-order valence-electron chi connectivity index (χ4n) is 2.91. The number of nitrogens with zero attached hydrogens (tertiary/aromatic N) is 1. The first-order chi connectivity index (χ1) is 10.6. The SMILES string of the molecule is C=CCOC(=O)N1CCC(CCC2SCCS2)CC1C(=O)O. The van der Waals surface area contributed by atoms with Crippen LogP contribution in [0.3, 0.4) is 0 Å². The molecule has 22 heavy (non-hydrogen) atoms. The number of piperidine rings is 1. The van der Waals surface area contributed by atoms with Crippen LogP contribution in [-0.4, -0.2) is 57.4 Å². The molecular weight excluding hydrogens is 322 g/mol. The zero-order valence-corrected chi connectivity index (χ0v) is 14.2. The molecule has 0 spiro atoms. The van der Waals surface area contributed by atoms with Crippen LogP contribution in [0, 0.1) is 5.92 Å². The van der Waals surface area contributed by atoms with Crippen LogP contribution >= 0.6 is 23.5 Å². The van der Waals surface area contributed by atoms with E-state index in [0.29, 0.717) is 23.5 Å². The van der Waals surface area contributed by atoms with E-state index in [1.165, 1.54) is 22.5 Å². The Bertz CT molecular complexity index is 412. The van der Waals surface area contributed by atoms with Gasteiger partial charge in [-0.2, -0.15) is 0 Å². The van der Waals surface area contributed by atoms with Crippen molar-refractivity contribution in [3.05, 3.63) is 12.7 Å². The van der Waals surface area contributed by atoms with Gasteiger partial charge in [0.2, 0.25) is 0 Å². The molecule has 0 aliphatic carbocycles. The summed E-state index contributed by atoms with van der Waals surface area (Å²) in [4.78, 5) is 24.8. The van der Waals surface area contributed by atoms with E-state index in [9.17, 15) is 14.7 Å². The van der Waals surface area contributed by atoms with E-state index in [1.54, 1.807) is 0 Å². The van der Waals surface area contributed by atoms with Gasteiger partial charge in [0.15, 0.2) is 0 Å². The van der Waals surface area contributed by atoms with Crippen molar-refractivity contribution >= 4 is 35.6 Å². The number of aliphatic carboxylic acids is 1. The number of carboxylic acids is 1. The monoisotopic (exact) mass is 345 g/mol. The number of hydrogen-bond donors (Lipinski definition) is 1. The quantitative estimate of drug-likeness (QED) is 0.746. The Morgan fingerprint density at radius 3 is 2.68 bits per heavy atom. The molecule has 1 amide bonds. The van der Waals surface area contributed by atoms with Gasteiger partial charge in [0.1, 0.15) is 12.6 Å². The topological polar surface area (TPSA) is 66.8 Å². The molecule has 1 N–H and O–H groups in total. The molecule has 2 fully saturated rings. The molecule has 2 rings (SSSR count). The Hall–Kier alpha value is -0.820. The number of ether oxygens (including phenoxy) is 1. The number of likely N-dealkylation sites (tertiary alicyclic amines) is 1. The molecule has 7 heteroatoms. The Morgan fingerprint density at radius 2 is 2.05 bits per heavy atom. The molecule has 2 saturated heterocycles. The van der Waals surface area contributed by atoms with Gasteiger partial charge in [-0.15, -0.1) is 23.5 Å². The van der Waals surface area contributed by atoms with Gasteiger partial charge >= 0.3 is 12.1 Å². The fourth-order valence-corrected chi connectivity index (χ4v) is 5.78. The van der Waals surface area contributed by atoms with Gasteiger partial charge in [-0.1, -0.05) is 12.7 Å². The van der Waals surface area contributed by atoms with Crippen LogP contribution in [0.25, 0.3) is 0 Å². The molecule has 2 aliphatic rings. The Labute approximate surface area is 139 Å². The van der Waals surface area contributed by atoms with Crippen molar-refractivity contribution in [2.24, 2.45) is 5.92 Å². The second-order valence-corrected chi connectivity index (χ2v) is 8.47. The smallest absolute Gasteiger partial charge is 0.410 e. The van der Waals surface area contributed by atoms with Crippen molar-refractivity contribution in [1.82, 2.24) is 4.90 Å². The molecule has 124 valence electrons. The Kier molecular flexibility index (Phi) is 6.95. The van der Waals surface area contributed by atoms with Gasteiger partial charge in [0.05, 0.1) is 4.58 Å². The third-order valence-electron chi connectivity index (χ3n) is 4.06. The minimum atomic E-state index is -0.940. The number of carbonyl (C=O) groups is 2. The summed E-state index contributed by atoms with van der Waals surface area (Å²) < 4.78 is 5.65. The minimum Gasteiger partial charge on any atom is -0.480 e. The van der Waals surface area contributed by atoms with Crippen molar-refractivity contribution in [2.75, 3.05) is 24.7 Å². The fraction of sp³-hybridized carbons (Fsp3) is 0.733. The molecule has 0 aromatic heterocycles. The first-order valence-electron chi connectivity index (χ1n) is 7.62. The standard InChI is InChI=1S/C15H23NO4S2/c1-2-7-20-15(19)16-6-5-11(10-12(16)14(17)18)3-4-13-21-8-9-22-13/h2,11-13H,1,3-10H2,(H,17,18). The number of carbonyl (C=O) groups excluding carboxylic acids is 1. The normalized spacial score (nSPS) is 25.9. The number of thioether (sulfide) groups is 2. The van der Waals surface area contributed by atoms with Gasteiger partial charge in [-0.3, -0.25) is 4.90 Å². The van der Waals surface area contributed by atoms with Crippen LogP contribution in [0.2, 0.25) is 0 Å². The lowest BCUT2D eigenvalue weighted by atomic mass is 9.88. The molecule has 2 unspecified atom stereocenters. The maximum absolute atomic E-state index is 11.9. The second kappa shape index (κ2) is 8.72. The van der Waals surface area contributed by atoms with Gasteiger partial charge in [-0.25, -0.2) is 9.59 Å². The highest BCUT2D eigenvalue weighted by atomic mass is 32.2. The van der Waals surface area contributed by atoms with E-state index in [2.05, 4.69) is 6.58 Å². The predicted molar refractivity (Wildman–Crippen MR) is 90.3 cm³/mol. The summed E-state index contributed by atoms with van der Waals surface area (Å²) in [5, 5.41) is 9.40. The number of carboxylic acid groups (broad SMARTS) is 1. The van der Waals surface area contributed by atoms with Gasteiger partial charge < -0.3 is 9.84 Å². The van der Waals surface area contributed by atoms with Crippen molar-refractivity contribution < 1.29 is 19.4 Å². The number of hydrogen-bond acceptors (Lipinski definition) is 5. The number of amides is 1. The van der Waals surface area contributed by atoms with Crippen molar-refractivity contribution in [3.63, 3.8) is 0 Å². The molecule has 0 aromatic carbocycles. The maximum atomic E-state index is 11.9. The highest BCUT2D eigenvalue weighted by Crippen LogP contribution is 2.37. The van der Waals surface area contributed by atoms with Crippen LogP contribution in [0.5, 0.6) is 0 Å². The van der Waals surface area contributed by atoms with Crippen molar-refractivity contribution in [3.8, 4) is 0 Å². The highest BCUT2D eigenvalue weighted by molar-refractivity contribution is 8.20. The zero-order valence-electron chi connectivity index (χ0n) is 12.6. The molecule has 2 atom stereocenters. The Balaban J connectivity index is 1.85. The molecular formula is C15H23NO4S2. The third-order valence-corrected chi connectivity index (χ3v) is 7.23. The molecule has 2 heterocycles. The highest BCUT2D eigenvalue weighted by Gasteiger charge is 2.37. The lowest BCUT2D eigenvalue weighted by Crippen LogP contribution is -2.50. The van der Waals surface area contributed by atoms with E-state index < -0.39 is 18.1 Å². The van der Waals surface area contributed by atoms with Crippen LogP contribution in [-0.2, 0) is 9.53 Å². The summed E-state index contributed by atoms with van der Waals surface area (Å²) in [6.07, 6.45) is 4.50. The van der Waals surface area contributed by atoms with E-state index in [4.69, 9.17) is 4.74 Å². The molecule has 0 bridgehead atoms. The average molecular weight is 345 g/mol. The first-order valence-corrected chi connectivity index (χ1v) is 9.72. The van der Waals surface area contributed by atoms with Crippen LogP contribution < -0.4 is 0 Å². The molecule has 0 radical (unpaired) electrons. The van der Waals surface area contributed by atoms with Crippen LogP contribution in [0.4, 0.5) is 4.79 Å². The predicted octanol–water partition coefficient (Wildman–Crippen LogP) is 3.06.